The Balaban J connectivity index is 1.40. The molecule has 1 unspecified atom stereocenters. The summed E-state index contributed by atoms with van der Waals surface area (Å²) in [4.78, 5) is 33.4. The Morgan fingerprint density at radius 3 is 2.38 bits per heavy atom. The quantitative estimate of drug-likeness (QED) is 0.814. The predicted molar refractivity (Wildman–Crippen MR) is 110 cm³/mol. The number of nitrogens with two attached hydrogens (primary N) is 1. The van der Waals surface area contributed by atoms with E-state index in [1.807, 2.05) is 48.5 Å². The van der Waals surface area contributed by atoms with E-state index < -0.39 is 11.9 Å². The molecule has 2 amide bonds. The molecule has 8 nitrogen and oxygen atoms in total. The van der Waals surface area contributed by atoms with Crippen LogP contribution in [-0.2, 0) is 16.1 Å². The number of hydrazone groups is 1. The first kappa shape index (κ1) is 19.1. The van der Waals surface area contributed by atoms with Crippen LogP contribution in [-0.4, -0.2) is 64.5 Å². The van der Waals surface area contributed by atoms with Gasteiger partial charge in [-0.3, -0.25) is 24.5 Å². The van der Waals surface area contributed by atoms with Crippen molar-refractivity contribution >= 4 is 23.2 Å². The van der Waals surface area contributed by atoms with Crippen molar-refractivity contribution in [1.29, 1.82) is 0 Å². The number of hydrogen-bond donors (Lipinski definition) is 1. The van der Waals surface area contributed by atoms with Crippen molar-refractivity contribution < 1.29 is 9.59 Å². The summed E-state index contributed by atoms with van der Waals surface area (Å²) in [6, 6.07) is 14.6. The molecule has 2 N–H and O–H groups in total. The van der Waals surface area contributed by atoms with Crippen LogP contribution in [0.25, 0.3) is 0 Å². The number of rotatable bonds is 5. The van der Waals surface area contributed by atoms with E-state index >= 15 is 0 Å². The van der Waals surface area contributed by atoms with Gasteiger partial charge in [0.25, 0.3) is 5.91 Å². The fourth-order valence-electron chi connectivity index (χ4n) is 3.69. The minimum atomic E-state index is -0.637. The lowest BCUT2D eigenvalue weighted by Gasteiger charge is -2.34. The highest BCUT2D eigenvalue weighted by Gasteiger charge is 2.37. The number of carbonyl (C=O) groups excluding carboxylic acids is 2. The van der Waals surface area contributed by atoms with Crippen LogP contribution in [0, 0.1) is 0 Å². The first-order valence-corrected chi connectivity index (χ1v) is 9.74. The number of carbonyl (C=O) groups is 2. The molecule has 0 aliphatic carbocycles. The Kier molecular flexibility index (Phi) is 5.53. The van der Waals surface area contributed by atoms with Gasteiger partial charge >= 0.3 is 0 Å². The third-order valence-electron chi connectivity index (χ3n) is 5.28. The van der Waals surface area contributed by atoms with Gasteiger partial charge in [0.1, 0.15) is 11.8 Å². The Hall–Kier alpha value is -3.26. The SMILES string of the molecule is NC(=O)C1CC(C(=O)N2CCN(Cc3ccccn3)CC2)=NN1c1ccccc1. The van der Waals surface area contributed by atoms with Gasteiger partial charge in [0.15, 0.2) is 0 Å². The number of aromatic nitrogens is 1. The summed E-state index contributed by atoms with van der Waals surface area (Å²) in [5.41, 5.74) is 7.72. The lowest BCUT2D eigenvalue weighted by atomic mass is 10.1. The largest absolute Gasteiger partial charge is 0.368 e. The predicted octanol–water partition coefficient (Wildman–Crippen LogP) is 0.846. The van der Waals surface area contributed by atoms with Gasteiger partial charge in [0.05, 0.1) is 11.4 Å². The Labute approximate surface area is 169 Å². The summed E-state index contributed by atoms with van der Waals surface area (Å²) in [7, 11) is 0. The fraction of sp³-hybridized carbons (Fsp3) is 0.333. The minimum Gasteiger partial charge on any atom is -0.368 e. The van der Waals surface area contributed by atoms with Crippen LogP contribution in [0.1, 0.15) is 12.1 Å². The molecule has 0 spiro atoms. The first-order chi connectivity index (χ1) is 14.1. The van der Waals surface area contributed by atoms with Gasteiger partial charge in [-0.2, -0.15) is 5.10 Å². The topological polar surface area (TPSA) is 95.1 Å². The van der Waals surface area contributed by atoms with Crippen LogP contribution in [0.4, 0.5) is 5.69 Å². The summed E-state index contributed by atoms with van der Waals surface area (Å²) in [5.74, 6) is -0.604. The van der Waals surface area contributed by atoms with Crippen LogP contribution in [0.2, 0.25) is 0 Å². The molecule has 2 aliphatic heterocycles. The van der Waals surface area contributed by atoms with Gasteiger partial charge in [0, 0.05) is 45.3 Å². The number of para-hydroxylation sites is 1. The maximum atomic E-state index is 13.0. The van der Waals surface area contributed by atoms with E-state index in [4.69, 9.17) is 5.73 Å². The normalized spacial score (nSPS) is 19.9. The van der Waals surface area contributed by atoms with Crippen LogP contribution < -0.4 is 10.7 Å². The highest BCUT2D eigenvalue weighted by molar-refractivity contribution is 6.40. The van der Waals surface area contributed by atoms with Crippen molar-refractivity contribution in [3.05, 3.63) is 60.4 Å². The molecule has 1 saturated heterocycles. The van der Waals surface area contributed by atoms with E-state index in [1.54, 1.807) is 16.1 Å². The first-order valence-electron chi connectivity index (χ1n) is 9.74. The molecular weight excluding hydrogens is 368 g/mol. The van der Waals surface area contributed by atoms with E-state index in [2.05, 4.69) is 15.0 Å². The van der Waals surface area contributed by atoms with Gasteiger partial charge in [-0.25, -0.2) is 0 Å². The van der Waals surface area contributed by atoms with E-state index in [-0.39, 0.29) is 12.3 Å². The molecule has 3 heterocycles. The maximum Gasteiger partial charge on any atom is 0.270 e. The third kappa shape index (κ3) is 4.27. The van der Waals surface area contributed by atoms with E-state index in [9.17, 15) is 9.59 Å². The van der Waals surface area contributed by atoms with Gasteiger partial charge in [-0.05, 0) is 24.3 Å². The monoisotopic (exact) mass is 392 g/mol. The summed E-state index contributed by atoms with van der Waals surface area (Å²) >= 11 is 0. The number of pyridine rings is 1. The smallest absolute Gasteiger partial charge is 0.270 e. The highest BCUT2D eigenvalue weighted by atomic mass is 16.2. The summed E-state index contributed by atoms with van der Waals surface area (Å²) < 4.78 is 0. The molecule has 29 heavy (non-hydrogen) atoms. The molecule has 2 aromatic rings. The maximum absolute atomic E-state index is 13.0. The molecule has 150 valence electrons. The number of hydrogen-bond acceptors (Lipinski definition) is 6. The van der Waals surface area contributed by atoms with Gasteiger partial charge in [-0.15, -0.1) is 0 Å². The zero-order chi connectivity index (χ0) is 20.2. The molecule has 4 rings (SSSR count). The molecule has 1 aromatic heterocycles. The number of anilines is 1. The van der Waals surface area contributed by atoms with Crippen molar-refractivity contribution in [2.45, 2.75) is 19.0 Å². The van der Waals surface area contributed by atoms with Crippen molar-refractivity contribution in [2.75, 3.05) is 31.2 Å². The molecule has 1 aromatic carbocycles. The van der Waals surface area contributed by atoms with Crippen molar-refractivity contribution in [2.24, 2.45) is 10.8 Å². The van der Waals surface area contributed by atoms with E-state index in [0.717, 1.165) is 31.0 Å². The Bertz CT molecular complexity index is 894. The minimum absolute atomic E-state index is 0.118. The third-order valence-corrected chi connectivity index (χ3v) is 5.28. The molecule has 8 heteroatoms. The van der Waals surface area contributed by atoms with Crippen LogP contribution in [0.5, 0.6) is 0 Å². The van der Waals surface area contributed by atoms with Crippen molar-refractivity contribution in [1.82, 2.24) is 14.8 Å². The zero-order valence-electron chi connectivity index (χ0n) is 16.1. The zero-order valence-corrected chi connectivity index (χ0v) is 16.1. The molecule has 1 atom stereocenters. The molecule has 0 bridgehead atoms. The second-order valence-corrected chi connectivity index (χ2v) is 7.24. The number of nitrogens with zero attached hydrogens (tertiary/aromatic N) is 5. The van der Waals surface area contributed by atoms with Crippen LogP contribution >= 0.6 is 0 Å². The molecule has 0 radical (unpaired) electrons. The summed E-state index contributed by atoms with van der Waals surface area (Å²) in [6.07, 6.45) is 2.03. The molecule has 0 saturated carbocycles. The average molecular weight is 392 g/mol. The molecule has 2 aliphatic rings. The van der Waals surface area contributed by atoms with Crippen LogP contribution in [0.15, 0.2) is 59.8 Å². The highest BCUT2D eigenvalue weighted by Crippen LogP contribution is 2.25. The number of benzene rings is 1. The summed E-state index contributed by atoms with van der Waals surface area (Å²) in [6.45, 7) is 3.57. The second-order valence-electron chi connectivity index (χ2n) is 7.24. The number of amides is 2. The average Bonchev–Trinajstić information content (AvgIpc) is 3.21. The standard InChI is InChI=1S/C21H24N6O2/c22-20(28)19-14-18(24-27(19)17-7-2-1-3-8-17)21(29)26-12-10-25(11-13-26)15-16-6-4-5-9-23-16/h1-9,19H,10-15H2,(H2,22,28). The second kappa shape index (κ2) is 8.40. The Morgan fingerprint density at radius 1 is 1.00 bits per heavy atom. The van der Waals surface area contributed by atoms with Gasteiger partial charge in [0.2, 0.25) is 5.91 Å². The number of primary amides is 1. The lowest BCUT2D eigenvalue weighted by Crippen LogP contribution is -2.50. The molecule has 1 fully saturated rings. The summed E-state index contributed by atoms with van der Waals surface area (Å²) in [5, 5.41) is 6.02. The Morgan fingerprint density at radius 2 is 1.72 bits per heavy atom. The lowest BCUT2D eigenvalue weighted by molar-refractivity contribution is -0.125. The van der Waals surface area contributed by atoms with E-state index in [0.29, 0.717) is 18.8 Å². The van der Waals surface area contributed by atoms with E-state index in [1.165, 1.54) is 0 Å². The fourth-order valence-corrected chi connectivity index (χ4v) is 3.69. The van der Waals surface area contributed by atoms with Crippen molar-refractivity contribution in [3.8, 4) is 0 Å². The van der Waals surface area contributed by atoms with Gasteiger partial charge in [-0.1, -0.05) is 24.3 Å². The molecular formula is C21H24N6O2. The van der Waals surface area contributed by atoms with Crippen molar-refractivity contribution in [3.63, 3.8) is 0 Å². The number of piperazine rings is 1. The van der Waals surface area contributed by atoms with Gasteiger partial charge < -0.3 is 10.6 Å². The van der Waals surface area contributed by atoms with Crippen LogP contribution in [0.3, 0.4) is 0 Å².